The van der Waals surface area contributed by atoms with Crippen molar-refractivity contribution in [2.45, 2.75) is 19.3 Å². The van der Waals surface area contributed by atoms with Gasteiger partial charge in [-0.25, -0.2) is 0 Å². The minimum absolute atomic E-state index is 0.0740. The Labute approximate surface area is 114 Å². The second-order valence-corrected chi connectivity index (χ2v) is 4.37. The molecule has 0 aliphatic rings. The van der Waals surface area contributed by atoms with Crippen LogP contribution in [-0.2, 0) is 19.3 Å². The fourth-order valence-corrected chi connectivity index (χ4v) is 1.93. The Morgan fingerprint density at radius 3 is 2.45 bits per heavy atom. The molecule has 2 aromatic rings. The molecule has 2 rings (SSSR count). The summed E-state index contributed by atoms with van der Waals surface area (Å²) in [6.45, 7) is -0.0285. The molecule has 20 heavy (non-hydrogen) atoms. The molecular weight excluding hydrogens is 267 g/mol. The van der Waals surface area contributed by atoms with Gasteiger partial charge in [0, 0.05) is 12.2 Å². The fraction of sp³-hybridized carbons (Fsp3) is 0.200. The second kappa shape index (κ2) is 5.96. The van der Waals surface area contributed by atoms with Crippen LogP contribution in [0.4, 0.5) is 18.9 Å². The minimum atomic E-state index is -4.36. The number of benzene rings is 2. The van der Waals surface area contributed by atoms with Crippen molar-refractivity contribution in [1.29, 1.82) is 0 Å². The molecule has 0 aromatic heterocycles. The highest BCUT2D eigenvalue weighted by Gasteiger charge is 2.32. The zero-order valence-electron chi connectivity index (χ0n) is 10.6. The molecule has 0 aliphatic heterocycles. The van der Waals surface area contributed by atoms with Gasteiger partial charge in [0.2, 0.25) is 0 Å². The van der Waals surface area contributed by atoms with Gasteiger partial charge in [-0.1, -0.05) is 30.3 Å². The molecule has 0 saturated carbocycles. The van der Waals surface area contributed by atoms with Gasteiger partial charge in [-0.15, -0.1) is 0 Å². The average molecular weight is 281 g/mol. The first-order chi connectivity index (χ1) is 9.50. The summed E-state index contributed by atoms with van der Waals surface area (Å²) < 4.78 is 38.5. The number of alkyl halides is 3. The normalized spacial score (nSPS) is 11.4. The van der Waals surface area contributed by atoms with Crippen molar-refractivity contribution in [2.24, 2.45) is 0 Å². The quantitative estimate of drug-likeness (QED) is 0.893. The van der Waals surface area contributed by atoms with Crippen LogP contribution in [0.2, 0.25) is 0 Å². The topological polar surface area (TPSA) is 32.3 Å². The molecule has 0 saturated heterocycles. The van der Waals surface area contributed by atoms with Crippen LogP contribution in [0.25, 0.3) is 0 Å². The van der Waals surface area contributed by atoms with Crippen molar-refractivity contribution in [2.75, 3.05) is 5.32 Å². The van der Waals surface area contributed by atoms with Crippen molar-refractivity contribution in [3.8, 4) is 0 Å². The third kappa shape index (κ3) is 3.51. The lowest BCUT2D eigenvalue weighted by Crippen LogP contribution is -2.11. The molecule has 0 bridgehead atoms. The third-order valence-electron chi connectivity index (χ3n) is 2.92. The number of anilines is 1. The van der Waals surface area contributed by atoms with Crippen LogP contribution in [0.3, 0.4) is 0 Å². The van der Waals surface area contributed by atoms with Crippen molar-refractivity contribution >= 4 is 5.69 Å². The van der Waals surface area contributed by atoms with Gasteiger partial charge in [-0.2, -0.15) is 13.2 Å². The largest absolute Gasteiger partial charge is 0.416 e. The lowest BCUT2D eigenvalue weighted by molar-refractivity contribution is -0.138. The van der Waals surface area contributed by atoms with E-state index in [4.69, 9.17) is 5.11 Å². The van der Waals surface area contributed by atoms with Crippen molar-refractivity contribution in [3.63, 3.8) is 0 Å². The van der Waals surface area contributed by atoms with Gasteiger partial charge in [0.1, 0.15) is 0 Å². The summed E-state index contributed by atoms with van der Waals surface area (Å²) in [4.78, 5) is 0. The first-order valence-corrected chi connectivity index (χ1v) is 6.09. The molecule has 2 N–H and O–H groups in total. The van der Waals surface area contributed by atoms with E-state index in [1.54, 1.807) is 30.3 Å². The van der Waals surface area contributed by atoms with Gasteiger partial charge >= 0.3 is 6.18 Å². The number of hydrogen-bond acceptors (Lipinski definition) is 2. The van der Waals surface area contributed by atoms with Crippen LogP contribution in [-0.4, -0.2) is 5.11 Å². The van der Waals surface area contributed by atoms with E-state index >= 15 is 0 Å². The Balaban J connectivity index is 2.15. The third-order valence-corrected chi connectivity index (χ3v) is 2.92. The van der Waals surface area contributed by atoms with E-state index in [2.05, 4.69) is 5.32 Å². The summed E-state index contributed by atoms with van der Waals surface area (Å²) in [5.74, 6) is 0. The molecule has 5 heteroatoms. The van der Waals surface area contributed by atoms with E-state index in [9.17, 15) is 13.2 Å². The van der Waals surface area contributed by atoms with Crippen molar-refractivity contribution in [3.05, 3.63) is 65.2 Å². The van der Waals surface area contributed by atoms with Crippen LogP contribution in [0.15, 0.2) is 48.5 Å². The summed E-state index contributed by atoms with van der Waals surface area (Å²) in [6.07, 6.45) is -4.36. The number of nitrogens with one attached hydrogen (secondary N) is 1. The lowest BCUT2D eigenvalue weighted by Gasteiger charge is -2.14. The second-order valence-electron chi connectivity index (χ2n) is 4.37. The van der Waals surface area contributed by atoms with Crippen LogP contribution in [0.5, 0.6) is 0 Å². The highest BCUT2D eigenvalue weighted by atomic mass is 19.4. The number of halogens is 3. The zero-order valence-corrected chi connectivity index (χ0v) is 10.6. The average Bonchev–Trinajstić information content (AvgIpc) is 2.44. The van der Waals surface area contributed by atoms with Crippen molar-refractivity contribution < 1.29 is 18.3 Å². The summed E-state index contributed by atoms with van der Waals surface area (Å²) in [5.41, 5.74) is 0.938. The molecular formula is C15H14F3NO. The number of hydrogen-bond donors (Lipinski definition) is 2. The molecule has 2 aromatic carbocycles. The summed E-state index contributed by atoms with van der Waals surface area (Å²) in [6, 6.07) is 12.4. The van der Waals surface area contributed by atoms with E-state index in [0.29, 0.717) is 11.3 Å². The molecule has 0 atom stereocenters. The van der Waals surface area contributed by atoms with Crippen LogP contribution < -0.4 is 5.32 Å². The maximum Gasteiger partial charge on any atom is 0.416 e. The monoisotopic (exact) mass is 281 g/mol. The molecule has 2 nitrogen and oxygen atoms in total. The van der Waals surface area contributed by atoms with Crippen LogP contribution >= 0.6 is 0 Å². The van der Waals surface area contributed by atoms with Crippen molar-refractivity contribution in [1.82, 2.24) is 0 Å². The summed E-state index contributed by atoms with van der Waals surface area (Å²) in [7, 11) is 0. The first-order valence-electron chi connectivity index (χ1n) is 6.09. The predicted octanol–water partition coefficient (Wildman–Crippen LogP) is 3.81. The van der Waals surface area contributed by atoms with Gasteiger partial charge < -0.3 is 10.4 Å². The number of aliphatic hydroxyl groups is 1. The predicted molar refractivity (Wildman–Crippen MR) is 71.1 cm³/mol. The highest BCUT2D eigenvalue weighted by Crippen LogP contribution is 2.32. The Morgan fingerprint density at radius 2 is 1.75 bits per heavy atom. The van der Waals surface area contributed by atoms with E-state index in [0.717, 1.165) is 6.07 Å². The standard InChI is InChI=1S/C15H14F3NO/c16-15(17,18)14-7-2-1-5-12(14)9-19-13-6-3-4-11(8-13)10-20/h1-8,19-20H,9-10H2. The zero-order chi connectivity index (χ0) is 14.6. The van der Waals surface area contributed by atoms with Gasteiger partial charge in [0.05, 0.1) is 12.2 Å². The lowest BCUT2D eigenvalue weighted by atomic mass is 10.1. The number of rotatable bonds is 4. The Morgan fingerprint density at radius 1 is 1.00 bits per heavy atom. The van der Waals surface area contributed by atoms with E-state index in [1.807, 2.05) is 0 Å². The number of aliphatic hydroxyl groups excluding tert-OH is 1. The fourth-order valence-electron chi connectivity index (χ4n) is 1.93. The highest BCUT2D eigenvalue weighted by molar-refractivity contribution is 5.46. The molecule has 0 spiro atoms. The first kappa shape index (κ1) is 14.4. The molecule has 0 fully saturated rings. The van der Waals surface area contributed by atoms with Gasteiger partial charge in [-0.05, 0) is 29.3 Å². The van der Waals surface area contributed by atoms with E-state index < -0.39 is 11.7 Å². The minimum Gasteiger partial charge on any atom is -0.392 e. The van der Waals surface area contributed by atoms with Crippen LogP contribution in [0, 0.1) is 0 Å². The smallest absolute Gasteiger partial charge is 0.392 e. The molecule has 0 aliphatic carbocycles. The van der Waals surface area contributed by atoms with Gasteiger partial charge in [-0.3, -0.25) is 0 Å². The van der Waals surface area contributed by atoms with E-state index in [-0.39, 0.29) is 18.7 Å². The SMILES string of the molecule is OCc1cccc(NCc2ccccc2C(F)(F)F)c1. The van der Waals surface area contributed by atoms with Crippen LogP contribution in [0.1, 0.15) is 16.7 Å². The molecule has 0 heterocycles. The maximum atomic E-state index is 12.8. The molecule has 0 radical (unpaired) electrons. The summed E-state index contributed by atoms with van der Waals surface area (Å²) >= 11 is 0. The Hall–Kier alpha value is -2.01. The molecule has 106 valence electrons. The Kier molecular flexibility index (Phi) is 4.29. The van der Waals surface area contributed by atoms with Gasteiger partial charge in [0.15, 0.2) is 0 Å². The molecule has 0 amide bonds. The molecule has 0 unspecified atom stereocenters. The summed E-state index contributed by atoms with van der Waals surface area (Å²) in [5, 5.41) is 12.0. The Bertz CT molecular complexity index is 581. The maximum absolute atomic E-state index is 12.8. The van der Waals surface area contributed by atoms with Gasteiger partial charge in [0.25, 0.3) is 0 Å². The van der Waals surface area contributed by atoms with E-state index in [1.165, 1.54) is 12.1 Å².